The van der Waals surface area contributed by atoms with Gasteiger partial charge in [0, 0.05) is 12.1 Å². The average Bonchev–Trinajstić information content (AvgIpc) is 2.47. The van der Waals surface area contributed by atoms with Gasteiger partial charge >= 0.3 is 0 Å². The number of likely N-dealkylation sites (tertiary alicyclic amines) is 1. The highest BCUT2D eigenvalue weighted by Crippen LogP contribution is 2.14. The number of halogens is 2. The quantitative estimate of drug-likeness (QED) is 0.837. The summed E-state index contributed by atoms with van der Waals surface area (Å²) in [5.41, 5.74) is 1.18. The van der Waals surface area contributed by atoms with Crippen LogP contribution in [0.15, 0.2) is 24.3 Å². The zero-order valence-electron chi connectivity index (χ0n) is 13.4. The van der Waals surface area contributed by atoms with Gasteiger partial charge in [-0.15, -0.1) is 0 Å². The maximum atomic E-state index is 12.3. The van der Waals surface area contributed by atoms with Crippen LogP contribution in [0.25, 0.3) is 0 Å². The van der Waals surface area contributed by atoms with Crippen LogP contribution < -0.4 is 10.1 Å². The lowest BCUT2D eigenvalue weighted by Gasteiger charge is -2.33. The van der Waals surface area contributed by atoms with Gasteiger partial charge in [-0.2, -0.15) is 0 Å². The summed E-state index contributed by atoms with van der Waals surface area (Å²) in [5, 5.41) is 3.54. The summed E-state index contributed by atoms with van der Waals surface area (Å²) in [6, 6.07) is 8.65. The fourth-order valence-electron chi connectivity index (χ4n) is 2.85. The van der Waals surface area contributed by atoms with E-state index in [1.54, 1.807) is 0 Å². The summed E-state index contributed by atoms with van der Waals surface area (Å²) in [6.45, 7) is 6.14. The van der Waals surface area contributed by atoms with E-state index in [0.717, 1.165) is 31.7 Å². The zero-order valence-corrected chi connectivity index (χ0v) is 13.4. The van der Waals surface area contributed by atoms with E-state index < -0.39 is 6.43 Å². The Balaban J connectivity index is 1.66. The number of benzene rings is 1. The molecule has 1 aromatic rings. The minimum Gasteiger partial charge on any atom is -0.492 e. The summed E-state index contributed by atoms with van der Waals surface area (Å²) in [6.07, 6.45) is -0.394. The van der Waals surface area contributed by atoms with Crippen molar-refractivity contribution in [3.05, 3.63) is 29.8 Å². The minimum absolute atomic E-state index is 0.0985. The van der Waals surface area contributed by atoms with E-state index in [0.29, 0.717) is 12.6 Å². The van der Waals surface area contributed by atoms with Crippen LogP contribution in [0.4, 0.5) is 8.78 Å². The Morgan fingerprint density at radius 3 is 2.68 bits per heavy atom. The molecular weight excluding hydrogens is 286 g/mol. The second-order valence-electron chi connectivity index (χ2n) is 6.16. The van der Waals surface area contributed by atoms with Crippen molar-refractivity contribution in [1.82, 2.24) is 10.2 Å². The number of aryl methyl sites for hydroxylation is 1. The lowest BCUT2D eigenvalue weighted by Crippen LogP contribution is -2.47. The summed E-state index contributed by atoms with van der Waals surface area (Å²) >= 11 is 0. The minimum atomic E-state index is -2.23. The first-order valence-electron chi connectivity index (χ1n) is 7.99. The largest absolute Gasteiger partial charge is 0.492 e. The summed E-state index contributed by atoms with van der Waals surface area (Å²) in [5.74, 6) is 0.889. The van der Waals surface area contributed by atoms with Crippen molar-refractivity contribution in [2.24, 2.45) is 0 Å². The molecule has 0 saturated carbocycles. The third-order valence-electron chi connectivity index (χ3n) is 3.99. The van der Waals surface area contributed by atoms with Gasteiger partial charge in [-0.05, 0) is 57.5 Å². The third kappa shape index (κ3) is 5.89. The van der Waals surface area contributed by atoms with Gasteiger partial charge in [-0.1, -0.05) is 12.1 Å². The highest BCUT2D eigenvalue weighted by molar-refractivity contribution is 5.27. The van der Waals surface area contributed by atoms with Crippen molar-refractivity contribution in [3.63, 3.8) is 0 Å². The van der Waals surface area contributed by atoms with Crippen LogP contribution in [-0.4, -0.2) is 49.7 Å². The van der Waals surface area contributed by atoms with E-state index in [2.05, 4.69) is 12.2 Å². The molecule has 1 aromatic carbocycles. The standard InChI is InChI=1S/C17H26F2N2O/c1-13-4-3-5-16(10-13)22-12-14(2)20-15-6-8-21(9-7-15)11-17(18)19/h3-5,10,14-15,17,20H,6-9,11-12H2,1-2H3/t14-/m1/s1. The van der Waals surface area contributed by atoms with Crippen molar-refractivity contribution >= 4 is 0 Å². The highest BCUT2D eigenvalue weighted by atomic mass is 19.3. The molecule has 1 aliphatic heterocycles. The van der Waals surface area contributed by atoms with Crippen molar-refractivity contribution in [3.8, 4) is 5.75 Å². The fourth-order valence-corrected chi connectivity index (χ4v) is 2.85. The van der Waals surface area contributed by atoms with Gasteiger partial charge in [-0.3, -0.25) is 4.90 Å². The molecule has 2 rings (SSSR count). The molecule has 1 atom stereocenters. The molecule has 3 nitrogen and oxygen atoms in total. The zero-order chi connectivity index (χ0) is 15.9. The van der Waals surface area contributed by atoms with Crippen molar-refractivity contribution in [2.75, 3.05) is 26.2 Å². The van der Waals surface area contributed by atoms with Gasteiger partial charge < -0.3 is 10.1 Å². The molecule has 1 fully saturated rings. The van der Waals surface area contributed by atoms with Crippen LogP contribution in [0.3, 0.4) is 0 Å². The Morgan fingerprint density at radius 1 is 1.32 bits per heavy atom. The predicted molar refractivity (Wildman–Crippen MR) is 84.7 cm³/mol. The number of alkyl halides is 2. The van der Waals surface area contributed by atoms with Crippen LogP contribution in [0.5, 0.6) is 5.75 Å². The van der Waals surface area contributed by atoms with Gasteiger partial charge in [0.25, 0.3) is 6.43 Å². The van der Waals surface area contributed by atoms with Gasteiger partial charge in [0.05, 0.1) is 6.54 Å². The number of ether oxygens (including phenoxy) is 1. The van der Waals surface area contributed by atoms with Crippen molar-refractivity contribution in [2.45, 2.75) is 45.2 Å². The molecule has 22 heavy (non-hydrogen) atoms. The second-order valence-corrected chi connectivity index (χ2v) is 6.16. The topological polar surface area (TPSA) is 24.5 Å². The van der Waals surface area contributed by atoms with E-state index >= 15 is 0 Å². The number of rotatable bonds is 7. The monoisotopic (exact) mass is 312 g/mol. The van der Waals surface area contributed by atoms with Crippen LogP contribution in [0, 0.1) is 6.92 Å². The normalized spacial score (nSPS) is 18.6. The number of hydrogen-bond donors (Lipinski definition) is 1. The summed E-state index contributed by atoms with van der Waals surface area (Å²) < 4.78 is 30.5. The molecule has 5 heteroatoms. The molecule has 1 heterocycles. The first-order chi connectivity index (χ1) is 10.5. The highest BCUT2D eigenvalue weighted by Gasteiger charge is 2.22. The molecule has 0 aromatic heterocycles. The first-order valence-corrected chi connectivity index (χ1v) is 7.99. The van der Waals surface area contributed by atoms with Gasteiger partial charge in [0.1, 0.15) is 12.4 Å². The van der Waals surface area contributed by atoms with E-state index in [-0.39, 0.29) is 12.6 Å². The van der Waals surface area contributed by atoms with E-state index in [1.807, 2.05) is 36.1 Å². The Morgan fingerprint density at radius 2 is 2.05 bits per heavy atom. The molecule has 1 aliphatic rings. The fraction of sp³-hybridized carbons (Fsp3) is 0.647. The Labute approximate surface area is 131 Å². The Bertz CT molecular complexity index is 448. The SMILES string of the molecule is Cc1cccc(OC[C@@H](C)NC2CCN(CC(F)F)CC2)c1. The van der Waals surface area contributed by atoms with Gasteiger partial charge in [-0.25, -0.2) is 8.78 Å². The molecule has 124 valence electrons. The number of nitrogens with one attached hydrogen (secondary N) is 1. The molecule has 0 bridgehead atoms. The van der Waals surface area contributed by atoms with E-state index in [1.165, 1.54) is 5.56 Å². The lowest BCUT2D eigenvalue weighted by molar-refractivity contribution is 0.0715. The maximum absolute atomic E-state index is 12.3. The molecule has 0 spiro atoms. The number of nitrogens with zero attached hydrogens (tertiary/aromatic N) is 1. The summed E-state index contributed by atoms with van der Waals surface area (Å²) in [7, 11) is 0. The third-order valence-corrected chi connectivity index (χ3v) is 3.99. The van der Waals surface area contributed by atoms with E-state index in [4.69, 9.17) is 4.74 Å². The predicted octanol–water partition coefficient (Wildman–Crippen LogP) is 3.08. The average molecular weight is 312 g/mol. The molecule has 0 radical (unpaired) electrons. The van der Waals surface area contributed by atoms with Gasteiger partial charge in [0.15, 0.2) is 0 Å². The van der Waals surface area contributed by atoms with Gasteiger partial charge in [0.2, 0.25) is 0 Å². The van der Waals surface area contributed by atoms with Crippen molar-refractivity contribution in [1.29, 1.82) is 0 Å². The summed E-state index contributed by atoms with van der Waals surface area (Å²) in [4.78, 5) is 1.84. The van der Waals surface area contributed by atoms with Crippen LogP contribution in [0.1, 0.15) is 25.3 Å². The van der Waals surface area contributed by atoms with Crippen molar-refractivity contribution < 1.29 is 13.5 Å². The number of hydrogen-bond acceptors (Lipinski definition) is 3. The molecule has 1 saturated heterocycles. The molecule has 0 unspecified atom stereocenters. The molecular formula is C17H26F2N2O. The van der Waals surface area contributed by atoms with Crippen LogP contribution in [-0.2, 0) is 0 Å². The molecule has 0 aliphatic carbocycles. The number of piperidine rings is 1. The van der Waals surface area contributed by atoms with Crippen LogP contribution in [0.2, 0.25) is 0 Å². The smallest absolute Gasteiger partial charge is 0.251 e. The Kier molecular flexibility index (Phi) is 6.58. The molecule has 1 N–H and O–H groups in total. The maximum Gasteiger partial charge on any atom is 0.251 e. The van der Waals surface area contributed by atoms with E-state index in [9.17, 15) is 8.78 Å². The first kappa shape index (κ1) is 17.2. The second kappa shape index (κ2) is 8.44. The van der Waals surface area contributed by atoms with Crippen LogP contribution >= 0.6 is 0 Å². The lowest BCUT2D eigenvalue weighted by atomic mass is 10.0. The molecule has 0 amide bonds. The Hall–Kier alpha value is -1.20.